The molecule has 0 amide bonds. The first kappa shape index (κ1) is 16.8. The van der Waals surface area contributed by atoms with Gasteiger partial charge < -0.3 is 5.11 Å². The van der Waals surface area contributed by atoms with Crippen LogP contribution in [0.25, 0.3) is 0 Å². The van der Waals surface area contributed by atoms with Gasteiger partial charge in [0.15, 0.2) is 0 Å². The summed E-state index contributed by atoms with van der Waals surface area (Å²) < 4.78 is 0. The maximum absolute atomic E-state index is 10.3. The second-order valence-corrected chi connectivity index (χ2v) is 5.92. The van der Waals surface area contributed by atoms with Crippen LogP contribution in [0.1, 0.15) is 71.1 Å². The van der Waals surface area contributed by atoms with Crippen LogP contribution in [0.3, 0.4) is 0 Å². The Kier molecular flexibility index (Phi) is 13.7. The SMILES string of the molecule is CCSCCCCCCCCCCCC(=O)O. The van der Waals surface area contributed by atoms with Crippen molar-refractivity contribution in [2.45, 2.75) is 71.1 Å². The predicted octanol–water partition coefficient (Wildman–Crippen LogP) is 4.73. The van der Waals surface area contributed by atoms with Crippen LogP contribution in [0, 0.1) is 0 Å². The van der Waals surface area contributed by atoms with Gasteiger partial charge in [0.1, 0.15) is 0 Å². The predicted molar refractivity (Wildman–Crippen MR) is 76.8 cm³/mol. The Bertz CT molecular complexity index is 172. The van der Waals surface area contributed by atoms with Gasteiger partial charge in [-0.3, -0.25) is 4.79 Å². The molecule has 0 aliphatic rings. The van der Waals surface area contributed by atoms with Gasteiger partial charge in [-0.15, -0.1) is 0 Å². The van der Waals surface area contributed by atoms with E-state index in [-0.39, 0.29) is 0 Å². The minimum absolute atomic E-state index is 0.342. The van der Waals surface area contributed by atoms with Crippen LogP contribution >= 0.6 is 11.8 Å². The molecule has 0 heterocycles. The second kappa shape index (κ2) is 13.9. The zero-order valence-electron chi connectivity index (χ0n) is 11.2. The lowest BCUT2D eigenvalue weighted by Crippen LogP contribution is -1.93. The molecule has 0 rings (SSSR count). The van der Waals surface area contributed by atoms with Gasteiger partial charge in [0.25, 0.3) is 0 Å². The monoisotopic (exact) mass is 260 g/mol. The molecule has 0 aromatic heterocycles. The van der Waals surface area contributed by atoms with E-state index < -0.39 is 5.97 Å². The van der Waals surface area contributed by atoms with E-state index in [1.165, 1.54) is 56.5 Å². The molecule has 0 spiro atoms. The van der Waals surface area contributed by atoms with Crippen LogP contribution in [0.5, 0.6) is 0 Å². The fraction of sp³-hybridized carbons (Fsp3) is 0.929. The highest BCUT2D eigenvalue weighted by Gasteiger charge is 1.96. The molecule has 0 saturated carbocycles. The Balaban J connectivity index is 2.91. The summed E-state index contributed by atoms with van der Waals surface area (Å²) in [6.45, 7) is 2.22. The summed E-state index contributed by atoms with van der Waals surface area (Å²) in [4.78, 5) is 10.3. The Morgan fingerprint density at radius 2 is 1.35 bits per heavy atom. The molecule has 0 aromatic carbocycles. The maximum Gasteiger partial charge on any atom is 0.303 e. The first-order valence-electron chi connectivity index (χ1n) is 7.07. The molecule has 0 radical (unpaired) electrons. The standard InChI is InChI=1S/C14H28O2S/c1-2-17-13-11-9-7-5-3-4-6-8-10-12-14(15)16/h2-13H2,1H3,(H,15,16). The van der Waals surface area contributed by atoms with Crippen molar-refractivity contribution >= 4 is 17.7 Å². The van der Waals surface area contributed by atoms with Gasteiger partial charge in [0.05, 0.1) is 0 Å². The molecule has 17 heavy (non-hydrogen) atoms. The summed E-state index contributed by atoms with van der Waals surface area (Å²) in [6, 6.07) is 0. The summed E-state index contributed by atoms with van der Waals surface area (Å²) in [5, 5.41) is 8.47. The summed E-state index contributed by atoms with van der Waals surface area (Å²) in [5.41, 5.74) is 0. The van der Waals surface area contributed by atoms with E-state index in [0.29, 0.717) is 6.42 Å². The van der Waals surface area contributed by atoms with E-state index in [1.54, 1.807) is 0 Å². The number of carbonyl (C=O) groups is 1. The van der Waals surface area contributed by atoms with Crippen LogP contribution in [0.4, 0.5) is 0 Å². The van der Waals surface area contributed by atoms with Crippen LogP contribution in [0.15, 0.2) is 0 Å². The topological polar surface area (TPSA) is 37.3 Å². The van der Waals surface area contributed by atoms with E-state index >= 15 is 0 Å². The molecule has 0 fully saturated rings. The smallest absolute Gasteiger partial charge is 0.303 e. The number of hydrogen-bond donors (Lipinski definition) is 1. The highest BCUT2D eigenvalue weighted by Crippen LogP contribution is 2.12. The first-order chi connectivity index (χ1) is 8.27. The Morgan fingerprint density at radius 3 is 1.82 bits per heavy atom. The number of thioether (sulfide) groups is 1. The third-order valence-electron chi connectivity index (χ3n) is 2.88. The van der Waals surface area contributed by atoms with Crippen molar-refractivity contribution in [1.29, 1.82) is 0 Å². The molecular weight excluding hydrogens is 232 g/mol. The average molecular weight is 260 g/mol. The van der Waals surface area contributed by atoms with Gasteiger partial charge in [-0.05, 0) is 24.3 Å². The third kappa shape index (κ3) is 15.8. The molecule has 0 aliphatic heterocycles. The van der Waals surface area contributed by atoms with Crippen molar-refractivity contribution in [2.75, 3.05) is 11.5 Å². The van der Waals surface area contributed by atoms with Crippen molar-refractivity contribution in [3.63, 3.8) is 0 Å². The molecule has 0 saturated heterocycles. The summed E-state index contributed by atoms with van der Waals surface area (Å²) in [6.07, 6.45) is 11.6. The summed E-state index contributed by atoms with van der Waals surface area (Å²) in [5.74, 6) is 1.91. The number of unbranched alkanes of at least 4 members (excludes halogenated alkanes) is 8. The third-order valence-corrected chi connectivity index (χ3v) is 3.87. The van der Waals surface area contributed by atoms with Crippen LogP contribution in [-0.4, -0.2) is 22.6 Å². The molecular formula is C14H28O2S. The Labute approximate surface area is 111 Å². The van der Waals surface area contributed by atoms with E-state index in [1.807, 2.05) is 11.8 Å². The van der Waals surface area contributed by atoms with Crippen LogP contribution in [-0.2, 0) is 4.79 Å². The van der Waals surface area contributed by atoms with Gasteiger partial charge in [0.2, 0.25) is 0 Å². The van der Waals surface area contributed by atoms with Crippen molar-refractivity contribution < 1.29 is 9.90 Å². The quantitative estimate of drug-likeness (QED) is 0.487. The van der Waals surface area contributed by atoms with Crippen molar-refractivity contribution in [3.05, 3.63) is 0 Å². The lowest BCUT2D eigenvalue weighted by atomic mass is 10.1. The van der Waals surface area contributed by atoms with Gasteiger partial charge >= 0.3 is 5.97 Å². The van der Waals surface area contributed by atoms with Gasteiger partial charge in [-0.1, -0.05) is 51.9 Å². The fourth-order valence-electron chi connectivity index (χ4n) is 1.86. The zero-order valence-corrected chi connectivity index (χ0v) is 12.1. The number of aliphatic carboxylic acids is 1. The number of carboxylic acids is 1. The van der Waals surface area contributed by atoms with Crippen LogP contribution < -0.4 is 0 Å². The van der Waals surface area contributed by atoms with Crippen LogP contribution in [0.2, 0.25) is 0 Å². The first-order valence-corrected chi connectivity index (χ1v) is 8.22. The highest BCUT2D eigenvalue weighted by molar-refractivity contribution is 7.99. The Hall–Kier alpha value is -0.180. The molecule has 0 unspecified atom stereocenters. The van der Waals surface area contributed by atoms with Crippen molar-refractivity contribution in [3.8, 4) is 0 Å². The minimum atomic E-state index is -0.657. The average Bonchev–Trinajstić information content (AvgIpc) is 2.30. The van der Waals surface area contributed by atoms with E-state index in [2.05, 4.69) is 6.92 Å². The zero-order chi connectivity index (χ0) is 12.8. The molecule has 3 heteroatoms. The second-order valence-electron chi connectivity index (χ2n) is 4.52. The van der Waals surface area contributed by atoms with Gasteiger partial charge in [-0.25, -0.2) is 0 Å². The van der Waals surface area contributed by atoms with Crippen molar-refractivity contribution in [2.24, 2.45) is 0 Å². The lowest BCUT2D eigenvalue weighted by molar-refractivity contribution is -0.137. The molecule has 0 aromatic rings. The minimum Gasteiger partial charge on any atom is -0.481 e. The molecule has 2 nitrogen and oxygen atoms in total. The fourth-order valence-corrected chi connectivity index (χ4v) is 2.56. The highest BCUT2D eigenvalue weighted by atomic mass is 32.2. The number of rotatable bonds is 13. The summed E-state index contributed by atoms with van der Waals surface area (Å²) in [7, 11) is 0. The normalized spacial score (nSPS) is 10.6. The summed E-state index contributed by atoms with van der Waals surface area (Å²) >= 11 is 2.04. The van der Waals surface area contributed by atoms with Gasteiger partial charge in [-0.2, -0.15) is 11.8 Å². The molecule has 1 N–H and O–H groups in total. The van der Waals surface area contributed by atoms with E-state index in [9.17, 15) is 4.79 Å². The molecule has 0 bridgehead atoms. The molecule has 0 atom stereocenters. The largest absolute Gasteiger partial charge is 0.481 e. The number of carboxylic acid groups (broad SMARTS) is 1. The number of hydrogen-bond acceptors (Lipinski definition) is 2. The lowest BCUT2D eigenvalue weighted by Gasteiger charge is -2.02. The molecule has 102 valence electrons. The van der Waals surface area contributed by atoms with Crippen molar-refractivity contribution in [1.82, 2.24) is 0 Å². The molecule has 0 aliphatic carbocycles. The maximum atomic E-state index is 10.3. The van der Waals surface area contributed by atoms with E-state index in [4.69, 9.17) is 5.11 Å². The van der Waals surface area contributed by atoms with E-state index in [0.717, 1.165) is 12.8 Å². The Morgan fingerprint density at radius 1 is 0.882 bits per heavy atom. The van der Waals surface area contributed by atoms with Gasteiger partial charge in [0, 0.05) is 6.42 Å².